The van der Waals surface area contributed by atoms with E-state index in [2.05, 4.69) is 32.3 Å². The molecule has 0 radical (unpaired) electrons. The van der Waals surface area contributed by atoms with Crippen LogP contribution in [0.2, 0.25) is 0 Å². The summed E-state index contributed by atoms with van der Waals surface area (Å²) >= 11 is 0. The van der Waals surface area contributed by atoms with Gasteiger partial charge in [0, 0.05) is 45.8 Å². The first-order valence-electron chi connectivity index (χ1n) is 11.1. The summed E-state index contributed by atoms with van der Waals surface area (Å²) in [5.74, 6) is -1.09. The fraction of sp³-hybridized carbons (Fsp3) is 0.682. The third-order valence-electron chi connectivity index (χ3n) is 6.33. The number of halogens is 5. The molecule has 32 heavy (non-hydrogen) atoms. The fourth-order valence-corrected chi connectivity index (χ4v) is 4.41. The number of hydrogen-bond donors (Lipinski definition) is 2. The van der Waals surface area contributed by atoms with E-state index in [0.29, 0.717) is 31.0 Å². The van der Waals surface area contributed by atoms with Crippen LogP contribution in [0.1, 0.15) is 38.2 Å². The number of nitrogens with one attached hydrogen (secondary N) is 2. The summed E-state index contributed by atoms with van der Waals surface area (Å²) in [6.07, 6.45) is -2.69. The van der Waals surface area contributed by atoms with Crippen molar-refractivity contribution in [3.8, 4) is 0 Å². The topological polar surface area (TPSA) is 42.9 Å². The Morgan fingerprint density at radius 2 is 1.88 bits per heavy atom. The van der Waals surface area contributed by atoms with E-state index < -0.39 is 12.1 Å². The number of rotatable bonds is 5. The summed E-state index contributed by atoms with van der Waals surface area (Å²) < 4.78 is 53.8. The number of anilines is 1. The largest absolute Gasteiger partial charge is 0.391 e. The molecule has 0 amide bonds. The molecule has 3 rings (SSSR count). The van der Waals surface area contributed by atoms with Gasteiger partial charge in [0.05, 0.1) is 11.6 Å². The summed E-state index contributed by atoms with van der Waals surface area (Å²) in [6, 6.07) is 4.93. The van der Waals surface area contributed by atoms with Gasteiger partial charge in [-0.25, -0.2) is 4.39 Å². The van der Waals surface area contributed by atoms with E-state index in [1.807, 2.05) is 6.07 Å². The van der Waals surface area contributed by atoms with E-state index >= 15 is 0 Å². The van der Waals surface area contributed by atoms with Gasteiger partial charge in [-0.1, -0.05) is 19.4 Å². The molecule has 1 heterocycles. The van der Waals surface area contributed by atoms with Gasteiger partial charge in [-0.3, -0.25) is 4.99 Å². The molecule has 1 aliphatic carbocycles. The number of guanidine groups is 1. The van der Waals surface area contributed by atoms with Crippen LogP contribution in [0.3, 0.4) is 0 Å². The molecule has 1 aromatic carbocycles. The van der Waals surface area contributed by atoms with Crippen molar-refractivity contribution in [3.63, 3.8) is 0 Å². The Labute approximate surface area is 205 Å². The summed E-state index contributed by atoms with van der Waals surface area (Å²) in [7, 11) is 1.58. The highest BCUT2D eigenvalue weighted by atomic mass is 127. The van der Waals surface area contributed by atoms with Gasteiger partial charge < -0.3 is 20.4 Å². The van der Waals surface area contributed by atoms with Gasteiger partial charge in [-0.15, -0.1) is 24.0 Å². The van der Waals surface area contributed by atoms with E-state index in [4.69, 9.17) is 0 Å². The second-order valence-electron chi connectivity index (χ2n) is 8.38. The van der Waals surface area contributed by atoms with Crippen LogP contribution in [0.5, 0.6) is 0 Å². The number of hydrogen-bond acceptors (Lipinski definition) is 3. The molecule has 2 unspecified atom stereocenters. The Kier molecular flexibility index (Phi) is 10.3. The molecule has 0 spiro atoms. The van der Waals surface area contributed by atoms with Crippen LogP contribution in [0, 0.1) is 11.7 Å². The molecule has 1 aromatic rings. The molecular weight excluding hydrogens is 537 g/mol. The van der Waals surface area contributed by atoms with Crippen molar-refractivity contribution >= 4 is 35.6 Å². The lowest BCUT2D eigenvalue weighted by Gasteiger charge is -2.35. The van der Waals surface area contributed by atoms with Gasteiger partial charge in [0.2, 0.25) is 0 Å². The SMILES string of the molecule is CCN1CCN(c2ccc(CNC(=NC)NC3CCCC(C(F)(F)F)C3)cc2F)CC1.I. The van der Waals surface area contributed by atoms with Gasteiger partial charge in [-0.05, 0) is 43.5 Å². The number of alkyl halides is 3. The maximum atomic E-state index is 14.7. The first-order chi connectivity index (χ1) is 14.8. The second-order valence-corrected chi connectivity index (χ2v) is 8.38. The summed E-state index contributed by atoms with van der Waals surface area (Å²) in [5.41, 5.74) is 1.37. The number of aliphatic imine (C=N–C) groups is 1. The average molecular weight is 571 g/mol. The lowest BCUT2D eigenvalue weighted by atomic mass is 9.85. The van der Waals surface area contributed by atoms with Crippen molar-refractivity contribution in [2.75, 3.05) is 44.7 Å². The molecule has 1 aliphatic heterocycles. The zero-order chi connectivity index (χ0) is 22.4. The molecule has 1 saturated carbocycles. The molecule has 0 bridgehead atoms. The Hall–Kier alpha value is -1.30. The molecule has 182 valence electrons. The van der Waals surface area contributed by atoms with Gasteiger partial charge in [-0.2, -0.15) is 13.2 Å². The third-order valence-corrected chi connectivity index (χ3v) is 6.33. The highest BCUT2D eigenvalue weighted by Crippen LogP contribution is 2.37. The summed E-state index contributed by atoms with van der Waals surface area (Å²) in [6.45, 7) is 6.95. The van der Waals surface area contributed by atoms with Crippen LogP contribution in [0.4, 0.5) is 23.2 Å². The zero-order valence-electron chi connectivity index (χ0n) is 18.7. The maximum absolute atomic E-state index is 14.7. The second kappa shape index (κ2) is 12.2. The van der Waals surface area contributed by atoms with Crippen molar-refractivity contribution in [3.05, 3.63) is 29.6 Å². The highest BCUT2D eigenvalue weighted by Gasteiger charge is 2.42. The van der Waals surface area contributed by atoms with E-state index in [-0.39, 0.29) is 48.7 Å². The maximum Gasteiger partial charge on any atom is 0.391 e. The molecule has 2 atom stereocenters. The average Bonchev–Trinajstić information content (AvgIpc) is 2.76. The molecule has 5 nitrogen and oxygen atoms in total. The molecule has 0 aromatic heterocycles. The highest BCUT2D eigenvalue weighted by molar-refractivity contribution is 14.0. The number of benzene rings is 1. The van der Waals surface area contributed by atoms with Crippen LogP contribution in [0.15, 0.2) is 23.2 Å². The van der Waals surface area contributed by atoms with Crippen molar-refractivity contribution in [2.24, 2.45) is 10.9 Å². The fourth-order valence-electron chi connectivity index (χ4n) is 4.41. The van der Waals surface area contributed by atoms with Crippen molar-refractivity contribution < 1.29 is 17.6 Å². The van der Waals surface area contributed by atoms with Crippen molar-refractivity contribution in [2.45, 2.75) is 51.4 Å². The predicted molar refractivity (Wildman–Crippen MR) is 131 cm³/mol. The molecule has 2 N–H and O–H groups in total. The molecule has 2 fully saturated rings. The van der Waals surface area contributed by atoms with Crippen molar-refractivity contribution in [1.29, 1.82) is 0 Å². The molecule has 10 heteroatoms. The lowest BCUT2D eigenvalue weighted by molar-refractivity contribution is -0.183. The zero-order valence-corrected chi connectivity index (χ0v) is 21.0. The van der Waals surface area contributed by atoms with E-state index in [0.717, 1.165) is 38.3 Å². The smallest absolute Gasteiger partial charge is 0.367 e. The first-order valence-corrected chi connectivity index (χ1v) is 11.1. The van der Waals surface area contributed by atoms with E-state index in [1.165, 1.54) is 6.07 Å². The molecule has 2 aliphatic rings. The minimum atomic E-state index is -4.15. The Balaban J connectivity index is 0.00000363. The minimum Gasteiger partial charge on any atom is -0.367 e. The standard InChI is InChI=1S/C22H33F4N5.HI/c1-3-30-9-11-31(12-10-30)20-8-7-16(13-19(20)23)15-28-21(27-2)29-18-6-4-5-17(14-18)22(24,25)26;/h7-8,13,17-18H,3-6,9-12,14-15H2,1-2H3,(H2,27,28,29);1H. The van der Waals surface area contributed by atoms with E-state index in [1.54, 1.807) is 13.1 Å². The first kappa shape index (κ1) is 26.9. The number of piperazine rings is 1. The predicted octanol–water partition coefficient (Wildman–Crippen LogP) is 4.37. The monoisotopic (exact) mass is 571 g/mol. The van der Waals surface area contributed by atoms with Crippen LogP contribution in [-0.2, 0) is 6.54 Å². The van der Waals surface area contributed by atoms with Gasteiger partial charge in [0.25, 0.3) is 0 Å². The quantitative estimate of drug-likeness (QED) is 0.239. The van der Waals surface area contributed by atoms with Crippen LogP contribution in [-0.4, -0.2) is 62.8 Å². The minimum absolute atomic E-state index is 0. The number of nitrogens with zero attached hydrogens (tertiary/aromatic N) is 3. The van der Waals surface area contributed by atoms with Crippen LogP contribution < -0.4 is 15.5 Å². The normalized spacial score (nSPS) is 22.9. The third kappa shape index (κ3) is 7.36. The van der Waals surface area contributed by atoms with Gasteiger partial charge in [0.1, 0.15) is 5.82 Å². The van der Waals surface area contributed by atoms with Gasteiger partial charge >= 0.3 is 6.18 Å². The lowest BCUT2D eigenvalue weighted by Crippen LogP contribution is -2.46. The summed E-state index contributed by atoms with van der Waals surface area (Å²) in [4.78, 5) is 8.53. The molecule has 1 saturated heterocycles. The number of likely N-dealkylation sites (N-methyl/N-ethyl adjacent to an activating group) is 1. The van der Waals surface area contributed by atoms with Gasteiger partial charge in [0.15, 0.2) is 5.96 Å². The van der Waals surface area contributed by atoms with Crippen LogP contribution >= 0.6 is 24.0 Å². The van der Waals surface area contributed by atoms with Crippen LogP contribution in [0.25, 0.3) is 0 Å². The Morgan fingerprint density at radius 1 is 1.16 bits per heavy atom. The van der Waals surface area contributed by atoms with Crippen molar-refractivity contribution in [1.82, 2.24) is 15.5 Å². The molecular formula is C22H34F4IN5. The Bertz CT molecular complexity index is 750. The summed E-state index contributed by atoms with van der Waals surface area (Å²) in [5, 5.41) is 6.19. The Morgan fingerprint density at radius 3 is 2.47 bits per heavy atom. The van der Waals surface area contributed by atoms with E-state index in [9.17, 15) is 17.6 Å².